The van der Waals surface area contributed by atoms with Crippen molar-refractivity contribution in [2.45, 2.75) is 26.3 Å². The molecule has 2 aromatic carbocycles. The Morgan fingerprint density at radius 3 is 2.52 bits per heavy atom. The summed E-state index contributed by atoms with van der Waals surface area (Å²) in [5, 5.41) is 4.93. The van der Waals surface area contributed by atoms with Crippen LogP contribution in [0.2, 0.25) is 0 Å². The van der Waals surface area contributed by atoms with E-state index in [-0.39, 0.29) is 6.04 Å². The highest BCUT2D eigenvalue weighted by Crippen LogP contribution is 2.35. The zero-order valence-corrected chi connectivity index (χ0v) is 17.6. The quantitative estimate of drug-likeness (QED) is 0.604. The first kappa shape index (κ1) is 19.8. The molecule has 0 amide bonds. The first-order valence-corrected chi connectivity index (χ1v) is 10.6. The van der Waals surface area contributed by atoms with Crippen LogP contribution in [0.1, 0.15) is 36.7 Å². The van der Waals surface area contributed by atoms with Gasteiger partial charge in [0, 0.05) is 29.7 Å². The Labute approximate surface area is 173 Å². The lowest BCUT2D eigenvalue weighted by atomic mass is 9.94. The number of hydrogen-bond acceptors (Lipinski definition) is 4. The van der Waals surface area contributed by atoms with Crippen LogP contribution >= 0.6 is 0 Å². The molecule has 0 bridgehead atoms. The van der Waals surface area contributed by atoms with Crippen LogP contribution in [0.4, 0.5) is 0 Å². The Bertz CT molecular complexity index is 945. The van der Waals surface area contributed by atoms with Gasteiger partial charge in [-0.15, -0.1) is 0 Å². The van der Waals surface area contributed by atoms with Crippen molar-refractivity contribution in [2.75, 3.05) is 39.9 Å². The summed E-state index contributed by atoms with van der Waals surface area (Å²) in [4.78, 5) is 6.00. The summed E-state index contributed by atoms with van der Waals surface area (Å²) < 4.78 is 11.4. The molecule has 5 heteroatoms. The zero-order chi connectivity index (χ0) is 20.2. The molecule has 1 unspecified atom stereocenters. The largest absolute Gasteiger partial charge is 0.497 e. The molecule has 1 aliphatic rings. The molecule has 154 valence electrons. The van der Waals surface area contributed by atoms with Gasteiger partial charge in [-0.2, -0.15) is 0 Å². The summed E-state index contributed by atoms with van der Waals surface area (Å²) in [6.07, 6.45) is 1.02. The molecule has 2 heterocycles. The van der Waals surface area contributed by atoms with Crippen LogP contribution in [0.15, 0.2) is 42.5 Å². The Balaban J connectivity index is 1.51. The van der Waals surface area contributed by atoms with Gasteiger partial charge in [0.2, 0.25) is 0 Å². The minimum atomic E-state index is 0.168. The van der Waals surface area contributed by atoms with Gasteiger partial charge >= 0.3 is 0 Å². The van der Waals surface area contributed by atoms with Gasteiger partial charge in [-0.25, -0.2) is 0 Å². The van der Waals surface area contributed by atoms with Gasteiger partial charge in [-0.05, 0) is 61.0 Å². The fourth-order valence-electron chi connectivity index (χ4n) is 4.21. The molecule has 0 saturated heterocycles. The first-order valence-electron chi connectivity index (χ1n) is 10.6. The number of aromatic amines is 1. The number of benzene rings is 2. The smallest absolute Gasteiger partial charge is 0.119 e. The van der Waals surface area contributed by atoms with E-state index in [2.05, 4.69) is 65.4 Å². The van der Waals surface area contributed by atoms with E-state index in [1.54, 1.807) is 7.11 Å². The number of rotatable bonds is 8. The van der Waals surface area contributed by atoms with E-state index in [9.17, 15) is 0 Å². The number of likely N-dealkylation sites (N-methyl/N-ethyl adjacent to an activating group) is 1. The SMILES string of the molecule is CCN(CC)CCOc1ccc(C2NCCc3c2[nH]c2ccc(OC)cc32)cc1. The molecule has 0 fully saturated rings. The number of nitrogens with zero attached hydrogens (tertiary/aromatic N) is 1. The number of nitrogens with one attached hydrogen (secondary N) is 2. The second-order valence-corrected chi connectivity index (χ2v) is 7.51. The van der Waals surface area contributed by atoms with Crippen LogP contribution in [0.25, 0.3) is 10.9 Å². The summed E-state index contributed by atoms with van der Waals surface area (Å²) in [6.45, 7) is 9.13. The van der Waals surface area contributed by atoms with Gasteiger partial charge in [-0.1, -0.05) is 26.0 Å². The van der Waals surface area contributed by atoms with E-state index in [1.165, 1.54) is 27.7 Å². The number of hydrogen-bond donors (Lipinski definition) is 2. The molecule has 0 saturated carbocycles. The Morgan fingerprint density at radius 1 is 1.03 bits per heavy atom. The van der Waals surface area contributed by atoms with E-state index in [1.807, 2.05) is 6.07 Å². The average Bonchev–Trinajstić information content (AvgIpc) is 3.15. The Kier molecular flexibility index (Phi) is 6.07. The standard InChI is InChI=1S/C24H31N3O2/c1-4-27(5-2)14-15-29-18-8-6-17(7-9-18)23-24-20(12-13-25-23)21-16-19(28-3)10-11-22(21)26-24/h6-11,16,23,25-26H,4-5,12-15H2,1-3H3. The van der Waals surface area contributed by atoms with Crippen molar-refractivity contribution < 1.29 is 9.47 Å². The van der Waals surface area contributed by atoms with Crippen molar-refractivity contribution in [3.05, 3.63) is 59.3 Å². The number of aromatic nitrogens is 1. The molecular formula is C24H31N3O2. The van der Waals surface area contributed by atoms with Gasteiger partial charge < -0.3 is 24.7 Å². The monoisotopic (exact) mass is 393 g/mol. The van der Waals surface area contributed by atoms with Crippen LogP contribution in [-0.4, -0.2) is 49.8 Å². The normalized spacial score (nSPS) is 16.2. The molecule has 2 N–H and O–H groups in total. The van der Waals surface area contributed by atoms with Crippen molar-refractivity contribution >= 4 is 10.9 Å². The van der Waals surface area contributed by atoms with E-state index in [0.717, 1.165) is 50.7 Å². The third-order valence-electron chi connectivity index (χ3n) is 5.94. The van der Waals surface area contributed by atoms with Crippen LogP contribution in [0.3, 0.4) is 0 Å². The molecule has 1 aromatic heterocycles. The van der Waals surface area contributed by atoms with Gasteiger partial charge in [0.05, 0.1) is 13.2 Å². The predicted octanol–water partition coefficient (Wildman–Crippen LogP) is 4.13. The number of fused-ring (bicyclic) bond motifs is 3. The number of ether oxygens (including phenoxy) is 2. The molecule has 1 aliphatic heterocycles. The van der Waals surface area contributed by atoms with E-state index in [0.29, 0.717) is 0 Å². The minimum Gasteiger partial charge on any atom is -0.497 e. The predicted molar refractivity (Wildman–Crippen MR) is 118 cm³/mol. The van der Waals surface area contributed by atoms with Gasteiger partial charge in [0.15, 0.2) is 0 Å². The zero-order valence-electron chi connectivity index (χ0n) is 17.6. The molecule has 29 heavy (non-hydrogen) atoms. The lowest BCUT2D eigenvalue weighted by molar-refractivity contribution is 0.223. The first-order chi connectivity index (χ1) is 14.2. The number of methoxy groups -OCH3 is 1. The number of H-pyrrole nitrogens is 1. The Hall–Kier alpha value is -2.50. The maximum Gasteiger partial charge on any atom is 0.119 e. The molecular weight excluding hydrogens is 362 g/mol. The second-order valence-electron chi connectivity index (χ2n) is 7.51. The molecule has 0 aliphatic carbocycles. The second kappa shape index (κ2) is 8.89. The van der Waals surface area contributed by atoms with Gasteiger partial charge in [-0.3, -0.25) is 0 Å². The molecule has 1 atom stereocenters. The lowest BCUT2D eigenvalue weighted by Crippen LogP contribution is -2.30. The third-order valence-corrected chi connectivity index (χ3v) is 5.94. The maximum absolute atomic E-state index is 5.94. The molecule has 3 aromatic rings. The molecule has 0 spiro atoms. The minimum absolute atomic E-state index is 0.168. The highest BCUT2D eigenvalue weighted by molar-refractivity contribution is 5.86. The van der Waals surface area contributed by atoms with E-state index >= 15 is 0 Å². The van der Waals surface area contributed by atoms with E-state index < -0.39 is 0 Å². The molecule has 5 nitrogen and oxygen atoms in total. The van der Waals surface area contributed by atoms with Gasteiger partial charge in [0.25, 0.3) is 0 Å². The molecule has 0 radical (unpaired) electrons. The fraction of sp³-hybridized carbons (Fsp3) is 0.417. The van der Waals surface area contributed by atoms with Crippen LogP contribution in [-0.2, 0) is 6.42 Å². The van der Waals surface area contributed by atoms with Crippen molar-refractivity contribution in [3.8, 4) is 11.5 Å². The summed E-state index contributed by atoms with van der Waals surface area (Å²) in [7, 11) is 1.72. The molecule has 4 rings (SSSR count). The van der Waals surface area contributed by atoms with Crippen molar-refractivity contribution in [1.29, 1.82) is 0 Å². The third kappa shape index (κ3) is 4.11. The summed E-state index contributed by atoms with van der Waals surface area (Å²) in [6, 6.07) is 14.9. The highest BCUT2D eigenvalue weighted by Gasteiger charge is 2.25. The maximum atomic E-state index is 5.94. The van der Waals surface area contributed by atoms with Crippen LogP contribution in [0.5, 0.6) is 11.5 Å². The average molecular weight is 394 g/mol. The summed E-state index contributed by atoms with van der Waals surface area (Å²) in [5.41, 5.74) is 5.07. The van der Waals surface area contributed by atoms with Crippen LogP contribution in [0, 0.1) is 0 Å². The van der Waals surface area contributed by atoms with E-state index in [4.69, 9.17) is 9.47 Å². The van der Waals surface area contributed by atoms with Crippen molar-refractivity contribution in [3.63, 3.8) is 0 Å². The Morgan fingerprint density at radius 2 is 1.79 bits per heavy atom. The highest BCUT2D eigenvalue weighted by atomic mass is 16.5. The van der Waals surface area contributed by atoms with Gasteiger partial charge in [0.1, 0.15) is 18.1 Å². The topological polar surface area (TPSA) is 49.5 Å². The van der Waals surface area contributed by atoms with Crippen molar-refractivity contribution in [2.24, 2.45) is 0 Å². The van der Waals surface area contributed by atoms with Crippen LogP contribution < -0.4 is 14.8 Å². The van der Waals surface area contributed by atoms with Crippen molar-refractivity contribution in [1.82, 2.24) is 15.2 Å². The summed E-state index contributed by atoms with van der Waals surface area (Å²) >= 11 is 0. The fourth-order valence-corrected chi connectivity index (χ4v) is 4.21. The lowest BCUT2D eigenvalue weighted by Gasteiger charge is -2.25. The summed E-state index contributed by atoms with van der Waals surface area (Å²) in [5.74, 6) is 1.83.